The van der Waals surface area contributed by atoms with E-state index in [1.165, 1.54) is 12.1 Å². The van der Waals surface area contributed by atoms with Gasteiger partial charge in [0.05, 0.1) is 4.90 Å². The molecule has 0 aromatic heterocycles. The lowest BCUT2D eigenvalue weighted by atomic mass is 10.3. The van der Waals surface area contributed by atoms with Crippen LogP contribution >= 0.6 is 15.9 Å². The SMILES string of the molecule is NS(=O)(=O)c1ccc(OCCOc2ccc(Br)cc2)cc1. The predicted molar refractivity (Wildman–Crippen MR) is 82.9 cm³/mol. The Hall–Kier alpha value is -1.57. The molecule has 0 amide bonds. The topological polar surface area (TPSA) is 78.6 Å². The Bertz CT molecular complexity index is 684. The second-order valence-electron chi connectivity index (χ2n) is 4.17. The van der Waals surface area contributed by atoms with Crippen LogP contribution in [0.25, 0.3) is 0 Å². The number of rotatable bonds is 6. The molecule has 0 unspecified atom stereocenters. The van der Waals surface area contributed by atoms with Crippen LogP contribution < -0.4 is 14.6 Å². The van der Waals surface area contributed by atoms with Crippen LogP contribution in [0.1, 0.15) is 0 Å². The zero-order valence-electron chi connectivity index (χ0n) is 11.0. The maximum absolute atomic E-state index is 11.1. The fourth-order valence-electron chi connectivity index (χ4n) is 1.58. The molecule has 0 fully saturated rings. The van der Waals surface area contributed by atoms with Crippen molar-refractivity contribution < 1.29 is 17.9 Å². The summed E-state index contributed by atoms with van der Waals surface area (Å²) in [6, 6.07) is 13.4. The van der Waals surface area contributed by atoms with Crippen molar-refractivity contribution in [1.29, 1.82) is 0 Å². The third-order valence-corrected chi connectivity index (χ3v) is 4.04. The molecule has 0 atom stereocenters. The van der Waals surface area contributed by atoms with E-state index in [0.717, 1.165) is 10.2 Å². The van der Waals surface area contributed by atoms with Gasteiger partial charge in [-0.05, 0) is 48.5 Å². The first kappa shape index (κ1) is 15.8. The van der Waals surface area contributed by atoms with Crippen molar-refractivity contribution in [3.05, 3.63) is 53.0 Å². The summed E-state index contributed by atoms with van der Waals surface area (Å²) in [7, 11) is -3.67. The molecular formula is C14H14BrNO4S. The van der Waals surface area contributed by atoms with Crippen molar-refractivity contribution in [3.8, 4) is 11.5 Å². The van der Waals surface area contributed by atoms with Gasteiger partial charge in [-0.1, -0.05) is 15.9 Å². The van der Waals surface area contributed by atoms with E-state index >= 15 is 0 Å². The molecule has 5 nitrogen and oxygen atoms in total. The smallest absolute Gasteiger partial charge is 0.238 e. The fraction of sp³-hybridized carbons (Fsp3) is 0.143. The van der Waals surface area contributed by atoms with E-state index in [2.05, 4.69) is 15.9 Å². The Kier molecular flexibility index (Phi) is 5.22. The molecule has 21 heavy (non-hydrogen) atoms. The minimum atomic E-state index is -3.67. The van der Waals surface area contributed by atoms with Crippen LogP contribution in [0.3, 0.4) is 0 Å². The van der Waals surface area contributed by atoms with E-state index in [9.17, 15) is 8.42 Å². The van der Waals surface area contributed by atoms with Crippen molar-refractivity contribution in [2.45, 2.75) is 4.90 Å². The average Bonchev–Trinajstić information content (AvgIpc) is 2.45. The van der Waals surface area contributed by atoms with Crippen LogP contribution in [0.5, 0.6) is 11.5 Å². The van der Waals surface area contributed by atoms with Crippen molar-refractivity contribution >= 4 is 26.0 Å². The number of nitrogens with two attached hydrogens (primary N) is 1. The van der Waals surface area contributed by atoms with Crippen LogP contribution in [0.2, 0.25) is 0 Å². The monoisotopic (exact) mass is 371 g/mol. The normalized spacial score (nSPS) is 11.1. The lowest BCUT2D eigenvalue weighted by molar-refractivity contribution is 0.217. The molecule has 2 rings (SSSR count). The Morgan fingerprint density at radius 3 is 1.71 bits per heavy atom. The molecule has 7 heteroatoms. The Morgan fingerprint density at radius 2 is 1.29 bits per heavy atom. The highest BCUT2D eigenvalue weighted by molar-refractivity contribution is 9.10. The van der Waals surface area contributed by atoms with Gasteiger partial charge in [-0.25, -0.2) is 13.6 Å². The van der Waals surface area contributed by atoms with Gasteiger partial charge in [-0.15, -0.1) is 0 Å². The molecule has 112 valence electrons. The molecule has 0 saturated carbocycles. The summed E-state index contributed by atoms with van der Waals surface area (Å²) in [5.41, 5.74) is 0. The van der Waals surface area contributed by atoms with Crippen molar-refractivity contribution in [3.63, 3.8) is 0 Å². The molecule has 0 aliphatic rings. The summed E-state index contributed by atoms with van der Waals surface area (Å²) in [6.45, 7) is 0.739. The molecule has 0 spiro atoms. The molecule has 0 radical (unpaired) electrons. The molecule has 2 N–H and O–H groups in total. The summed E-state index contributed by atoms with van der Waals surface area (Å²) >= 11 is 3.35. The van der Waals surface area contributed by atoms with Crippen molar-refractivity contribution in [2.24, 2.45) is 5.14 Å². The number of hydrogen-bond acceptors (Lipinski definition) is 4. The van der Waals surface area contributed by atoms with E-state index in [4.69, 9.17) is 14.6 Å². The minimum Gasteiger partial charge on any atom is -0.490 e. The van der Waals surface area contributed by atoms with E-state index in [1.54, 1.807) is 12.1 Å². The molecule has 0 aliphatic heterocycles. The number of primary sulfonamides is 1. The highest BCUT2D eigenvalue weighted by Gasteiger charge is 2.06. The van der Waals surface area contributed by atoms with Crippen LogP contribution in [-0.2, 0) is 10.0 Å². The minimum absolute atomic E-state index is 0.0564. The van der Waals surface area contributed by atoms with Crippen molar-refractivity contribution in [2.75, 3.05) is 13.2 Å². The molecule has 0 bridgehead atoms. The number of halogens is 1. The van der Waals surface area contributed by atoms with Crippen molar-refractivity contribution in [1.82, 2.24) is 0 Å². The summed E-state index contributed by atoms with van der Waals surface area (Å²) in [5, 5.41) is 5.01. The van der Waals surface area contributed by atoms with Gasteiger partial charge < -0.3 is 9.47 Å². The predicted octanol–water partition coefficient (Wildman–Crippen LogP) is 2.55. The lowest BCUT2D eigenvalue weighted by Gasteiger charge is -2.08. The first-order chi connectivity index (χ1) is 9.95. The molecule has 0 heterocycles. The van der Waals surface area contributed by atoms with E-state index < -0.39 is 10.0 Å². The second-order valence-corrected chi connectivity index (χ2v) is 6.64. The van der Waals surface area contributed by atoms with E-state index in [-0.39, 0.29) is 4.90 Å². The van der Waals surface area contributed by atoms with E-state index in [0.29, 0.717) is 19.0 Å². The van der Waals surface area contributed by atoms with Gasteiger partial charge in [0.2, 0.25) is 10.0 Å². The van der Waals surface area contributed by atoms with Gasteiger partial charge in [0.15, 0.2) is 0 Å². The van der Waals surface area contributed by atoms with Gasteiger partial charge in [0, 0.05) is 4.47 Å². The Labute approximate surface area is 131 Å². The second kappa shape index (κ2) is 6.93. The maximum atomic E-state index is 11.1. The molecule has 0 saturated heterocycles. The van der Waals surface area contributed by atoms with Gasteiger partial charge in [0.1, 0.15) is 24.7 Å². The number of hydrogen-bond donors (Lipinski definition) is 1. The van der Waals surface area contributed by atoms with Gasteiger partial charge in [-0.3, -0.25) is 0 Å². The molecule has 2 aromatic carbocycles. The summed E-state index contributed by atoms with van der Waals surface area (Å²) < 4.78 is 34.1. The molecule has 2 aromatic rings. The van der Waals surface area contributed by atoms with Crippen LogP contribution in [-0.4, -0.2) is 21.6 Å². The number of benzene rings is 2. The highest BCUT2D eigenvalue weighted by atomic mass is 79.9. The summed E-state index contributed by atoms with van der Waals surface area (Å²) in [5.74, 6) is 1.31. The van der Waals surface area contributed by atoms with Crippen LogP contribution in [0, 0.1) is 0 Å². The third-order valence-electron chi connectivity index (χ3n) is 2.59. The first-order valence-corrected chi connectivity index (χ1v) is 8.43. The van der Waals surface area contributed by atoms with Gasteiger partial charge in [-0.2, -0.15) is 0 Å². The highest BCUT2D eigenvalue weighted by Crippen LogP contribution is 2.17. The maximum Gasteiger partial charge on any atom is 0.238 e. The first-order valence-electron chi connectivity index (χ1n) is 6.09. The quantitative estimate of drug-likeness (QED) is 0.791. The Balaban J connectivity index is 1.80. The fourth-order valence-corrected chi connectivity index (χ4v) is 2.36. The molecule has 0 aliphatic carbocycles. The lowest BCUT2D eigenvalue weighted by Crippen LogP contribution is -2.12. The number of ether oxygens (including phenoxy) is 2. The van der Waals surface area contributed by atoms with Gasteiger partial charge >= 0.3 is 0 Å². The van der Waals surface area contributed by atoms with Gasteiger partial charge in [0.25, 0.3) is 0 Å². The zero-order valence-corrected chi connectivity index (χ0v) is 13.4. The summed E-state index contributed by atoms with van der Waals surface area (Å²) in [6.07, 6.45) is 0. The average molecular weight is 372 g/mol. The largest absolute Gasteiger partial charge is 0.490 e. The summed E-state index contributed by atoms with van der Waals surface area (Å²) in [4.78, 5) is 0.0564. The van der Waals surface area contributed by atoms with Crippen LogP contribution in [0.15, 0.2) is 57.9 Å². The zero-order chi connectivity index (χ0) is 15.3. The third kappa shape index (κ3) is 5.04. The van der Waals surface area contributed by atoms with Crippen LogP contribution in [0.4, 0.5) is 0 Å². The molecular weight excluding hydrogens is 358 g/mol. The standard InChI is InChI=1S/C14H14BrNO4S/c15-11-1-3-12(4-2-11)19-9-10-20-13-5-7-14(8-6-13)21(16,17)18/h1-8H,9-10H2,(H2,16,17,18). The number of sulfonamides is 1. The Morgan fingerprint density at radius 1 is 0.857 bits per heavy atom. The van der Waals surface area contributed by atoms with E-state index in [1.807, 2.05) is 24.3 Å².